The van der Waals surface area contributed by atoms with Crippen LogP contribution in [0.5, 0.6) is 0 Å². The van der Waals surface area contributed by atoms with E-state index in [-0.39, 0.29) is 11.9 Å². The lowest BCUT2D eigenvalue weighted by atomic mass is 9.98. The first kappa shape index (κ1) is 17.3. The molecule has 2 atom stereocenters. The van der Waals surface area contributed by atoms with Crippen LogP contribution in [0.15, 0.2) is 6.20 Å². The molecule has 134 valence electrons. The molecule has 0 bridgehead atoms. The van der Waals surface area contributed by atoms with Gasteiger partial charge in [-0.1, -0.05) is 0 Å². The smallest absolute Gasteiger partial charge is 0.434 e. The molecule has 1 aromatic rings. The molecule has 3 rings (SSSR count). The van der Waals surface area contributed by atoms with Crippen LogP contribution in [0.1, 0.15) is 30.8 Å². The SMILES string of the molecule is CN(CC[C@H]1CCOC1=O)C[C@@H]1CCc2nc(C(F)(F)F)cn2C1. The number of carbonyl (C=O) groups excluding carboxylic acids is 1. The summed E-state index contributed by atoms with van der Waals surface area (Å²) in [5.74, 6) is 0.709. The lowest BCUT2D eigenvalue weighted by Gasteiger charge is -2.28. The number of rotatable bonds is 5. The molecule has 5 nitrogen and oxygen atoms in total. The highest BCUT2D eigenvalue weighted by Gasteiger charge is 2.36. The van der Waals surface area contributed by atoms with Gasteiger partial charge in [0.05, 0.1) is 12.5 Å². The lowest BCUT2D eigenvalue weighted by Crippen LogP contribution is -2.33. The van der Waals surface area contributed by atoms with Crippen molar-refractivity contribution in [3.63, 3.8) is 0 Å². The summed E-state index contributed by atoms with van der Waals surface area (Å²) in [6, 6.07) is 0. The summed E-state index contributed by atoms with van der Waals surface area (Å²) in [5.41, 5.74) is -0.800. The van der Waals surface area contributed by atoms with Crippen LogP contribution in [0.4, 0.5) is 13.2 Å². The fourth-order valence-corrected chi connectivity index (χ4v) is 3.51. The molecule has 1 saturated heterocycles. The summed E-state index contributed by atoms with van der Waals surface area (Å²) in [4.78, 5) is 17.3. The highest BCUT2D eigenvalue weighted by atomic mass is 19.4. The Hall–Kier alpha value is -1.57. The van der Waals surface area contributed by atoms with E-state index < -0.39 is 11.9 Å². The summed E-state index contributed by atoms with van der Waals surface area (Å²) < 4.78 is 44.8. The number of halogens is 3. The van der Waals surface area contributed by atoms with Gasteiger partial charge in [0.15, 0.2) is 5.69 Å². The minimum absolute atomic E-state index is 0.00611. The summed E-state index contributed by atoms with van der Waals surface area (Å²) in [7, 11) is 1.99. The summed E-state index contributed by atoms with van der Waals surface area (Å²) in [6.45, 7) is 2.68. The summed E-state index contributed by atoms with van der Waals surface area (Å²) in [6.07, 6.45) is -0.290. The molecular formula is C16H22F3N3O2. The largest absolute Gasteiger partial charge is 0.465 e. The zero-order valence-corrected chi connectivity index (χ0v) is 13.7. The number of cyclic esters (lactones) is 1. The van der Waals surface area contributed by atoms with E-state index in [4.69, 9.17) is 4.74 Å². The molecule has 0 aromatic carbocycles. The van der Waals surface area contributed by atoms with Gasteiger partial charge in [0.1, 0.15) is 5.82 Å². The van der Waals surface area contributed by atoms with E-state index in [1.54, 1.807) is 4.57 Å². The van der Waals surface area contributed by atoms with Crippen molar-refractivity contribution in [3.05, 3.63) is 17.7 Å². The molecule has 8 heteroatoms. The van der Waals surface area contributed by atoms with Gasteiger partial charge in [0, 0.05) is 25.7 Å². The van der Waals surface area contributed by atoms with Gasteiger partial charge >= 0.3 is 12.1 Å². The van der Waals surface area contributed by atoms with Gasteiger partial charge in [-0.2, -0.15) is 13.2 Å². The minimum atomic E-state index is -4.38. The molecule has 3 heterocycles. The van der Waals surface area contributed by atoms with Crippen LogP contribution in [0.3, 0.4) is 0 Å². The third kappa shape index (κ3) is 3.91. The second kappa shape index (κ2) is 6.74. The van der Waals surface area contributed by atoms with Gasteiger partial charge in [0.25, 0.3) is 0 Å². The van der Waals surface area contributed by atoms with Crippen molar-refractivity contribution in [2.45, 2.75) is 38.4 Å². The Morgan fingerprint density at radius 3 is 2.88 bits per heavy atom. The molecular weight excluding hydrogens is 323 g/mol. The summed E-state index contributed by atoms with van der Waals surface area (Å²) >= 11 is 0. The van der Waals surface area contributed by atoms with E-state index >= 15 is 0 Å². The van der Waals surface area contributed by atoms with E-state index in [1.165, 1.54) is 0 Å². The van der Waals surface area contributed by atoms with E-state index in [2.05, 4.69) is 9.88 Å². The van der Waals surface area contributed by atoms with Gasteiger partial charge in [-0.05, 0) is 38.8 Å². The number of imidazole rings is 1. The van der Waals surface area contributed by atoms with E-state index in [1.807, 2.05) is 7.05 Å². The third-order valence-electron chi connectivity index (χ3n) is 4.85. The zero-order chi connectivity index (χ0) is 17.3. The standard InChI is InChI=1S/C16H22F3N3O2/c1-21(6-4-12-5-7-24-15(12)23)8-11-2-3-14-20-13(16(17,18)19)10-22(14)9-11/h10-12H,2-9H2,1H3/t11-,12-/m0/s1. The number of ether oxygens (including phenoxy) is 1. The molecule has 0 N–H and O–H groups in total. The number of esters is 1. The normalized spacial score (nSPS) is 24.3. The molecule has 0 unspecified atom stereocenters. The van der Waals surface area contributed by atoms with Gasteiger partial charge in [0.2, 0.25) is 0 Å². The van der Waals surface area contributed by atoms with Crippen molar-refractivity contribution in [1.29, 1.82) is 0 Å². The molecule has 0 amide bonds. The molecule has 2 aliphatic rings. The topological polar surface area (TPSA) is 47.4 Å². The van der Waals surface area contributed by atoms with E-state index in [0.29, 0.717) is 31.3 Å². The molecule has 2 aliphatic heterocycles. The molecule has 1 aromatic heterocycles. The van der Waals surface area contributed by atoms with Gasteiger partial charge in [-0.15, -0.1) is 0 Å². The van der Waals surface area contributed by atoms with Crippen molar-refractivity contribution >= 4 is 5.97 Å². The molecule has 1 fully saturated rings. The van der Waals surface area contributed by atoms with Crippen molar-refractivity contribution < 1.29 is 22.7 Å². The number of aromatic nitrogens is 2. The Morgan fingerprint density at radius 1 is 1.42 bits per heavy atom. The first-order valence-electron chi connectivity index (χ1n) is 8.31. The van der Waals surface area contributed by atoms with Crippen molar-refractivity contribution in [1.82, 2.24) is 14.5 Å². The number of aryl methyl sites for hydroxylation is 1. The monoisotopic (exact) mass is 345 g/mol. The van der Waals surface area contributed by atoms with Gasteiger partial charge in [-0.25, -0.2) is 4.98 Å². The maximum atomic E-state index is 12.7. The Morgan fingerprint density at radius 2 is 2.21 bits per heavy atom. The highest BCUT2D eigenvalue weighted by molar-refractivity contribution is 5.74. The van der Waals surface area contributed by atoms with Crippen LogP contribution < -0.4 is 0 Å². The average molecular weight is 345 g/mol. The second-order valence-corrected chi connectivity index (χ2v) is 6.80. The average Bonchev–Trinajstić information content (AvgIpc) is 3.10. The van der Waals surface area contributed by atoms with Crippen molar-refractivity contribution in [3.8, 4) is 0 Å². The molecule has 0 spiro atoms. The van der Waals surface area contributed by atoms with Gasteiger partial charge < -0.3 is 14.2 Å². The predicted molar refractivity (Wildman–Crippen MR) is 80.2 cm³/mol. The number of carbonyl (C=O) groups is 1. The van der Waals surface area contributed by atoms with E-state index in [0.717, 1.165) is 38.5 Å². The van der Waals surface area contributed by atoms with Crippen LogP contribution in [-0.4, -0.2) is 47.2 Å². The van der Waals surface area contributed by atoms with Crippen molar-refractivity contribution in [2.75, 3.05) is 26.7 Å². The lowest BCUT2D eigenvalue weighted by molar-refractivity contribution is -0.142. The molecule has 0 saturated carbocycles. The number of alkyl halides is 3. The van der Waals surface area contributed by atoms with Crippen LogP contribution in [-0.2, 0) is 28.7 Å². The summed E-state index contributed by atoms with van der Waals surface area (Å²) in [5, 5.41) is 0. The predicted octanol–water partition coefficient (Wildman–Crippen LogP) is 2.35. The van der Waals surface area contributed by atoms with Crippen molar-refractivity contribution in [2.24, 2.45) is 11.8 Å². The Kier molecular flexibility index (Phi) is 4.85. The third-order valence-corrected chi connectivity index (χ3v) is 4.85. The Balaban J connectivity index is 1.50. The maximum absolute atomic E-state index is 12.7. The fourth-order valence-electron chi connectivity index (χ4n) is 3.51. The first-order chi connectivity index (χ1) is 11.3. The maximum Gasteiger partial charge on any atom is 0.434 e. The minimum Gasteiger partial charge on any atom is -0.465 e. The number of hydrogen-bond donors (Lipinski definition) is 0. The van der Waals surface area contributed by atoms with Crippen LogP contribution in [0, 0.1) is 11.8 Å². The Labute approximate surface area is 138 Å². The number of hydrogen-bond acceptors (Lipinski definition) is 4. The zero-order valence-electron chi connectivity index (χ0n) is 13.7. The van der Waals surface area contributed by atoms with E-state index in [9.17, 15) is 18.0 Å². The number of nitrogens with zero attached hydrogens (tertiary/aromatic N) is 3. The molecule has 24 heavy (non-hydrogen) atoms. The van der Waals surface area contributed by atoms with Crippen LogP contribution in [0.25, 0.3) is 0 Å². The highest BCUT2D eigenvalue weighted by Crippen LogP contribution is 2.30. The number of fused-ring (bicyclic) bond motifs is 1. The van der Waals surface area contributed by atoms with Crippen LogP contribution in [0.2, 0.25) is 0 Å². The molecule has 0 aliphatic carbocycles. The van der Waals surface area contributed by atoms with Gasteiger partial charge in [-0.3, -0.25) is 4.79 Å². The quantitative estimate of drug-likeness (QED) is 0.769. The molecule has 0 radical (unpaired) electrons. The van der Waals surface area contributed by atoms with Crippen LogP contribution >= 0.6 is 0 Å². The fraction of sp³-hybridized carbons (Fsp3) is 0.750. The second-order valence-electron chi connectivity index (χ2n) is 6.80. The Bertz CT molecular complexity index is 600. The first-order valence-corrected chi connectivity index (χ1v) is 8.31.